The number of ether oxygens (including phenoxy) is 1. The summed E-state index contributed by atoms with van der Waals surface area (Å²) in [6.45, 7) is -0.151. The van der Waals surface area contributed by atoms with Crippen LogP contribution in [0.25, 0.3) is 11.1 Å². The molecule has 168 valence electrons. The molecule has 5 N–H and O–H groups in total. The third-order valence-corrected chi connectivity index (χ3v) is 7.93. The number of aliphatic hydroxyl groups is 2. The zero-order valence-electron chi connectivity index (χ0n) is 16.8. The van der Waals surface area contributed by atoms with E-state index in [4.69, 9.17) is 9.88 Å². The van der Waals surface area contributed by atoms with Gasteiger partial charge in [-0.25, -0.2) is 18.4 Å². The van der Waals surface area contributed by atoms with E-state index in [0.29, 0.717) is 0 Å². The lowest BCUT2D eigenvalue weighted by Gasteiger charge is -2.18. The van der Waals surface area contributed by atoms with E-state index in [1.807, 2.05) is 48.5 Å². The molecule has 1 aliphatic carbocycles. The predicted molar refractivity (Wildman–Crippen MR) is 120 cm³/mol. The molecule has 0 aliphatic heterocycles. The minimum atomic E-state index is -3.89. The summed E-state index contributed by atoms with van der Waals surface area (Å²) in [6, 6.07) is 18.6. The molecule has 1 heterocycles. The lowest BCUT2D eigenvalue weighted by Crippen LogP contribution is -2.36. The Labute approximate surface area is 189 Å². The van der Waals surface area contributed by atoms with Crippen molar-refractivity contribution in [1.82, 2.24) is 5.32 Å². The number of sulfonamides is 1. The Kier molecular flexibility index (Phi) is 6.31. The Morgan fingerprint density at radius 1 is 1.03 bits per heavy atom. The molecule has 2 unspecified atom stereocenters. The molecule has 0 radical (unpaired) electrons. The minimum Gasteiger partial charge on any atom is -0.449 e. The number of fused-ring (bicyclic) bond motifs is 3. The van der Waals surface area contributed by atoms with Crippen LogP contribution in [0.3, 0.4) is 0 Å². The van der Waals surface area contributed by atoms with Crippen LogP contribution in [0, 0.1) is 0 Å². The summed E-state index contributed by atoms with van der Waals surface area (Å²) in [5, 5.41) is 27.9. The van der Waals surface area contributed by atoms with Crippen molar-refractivity contribution in [1.29, 1.82) is 0 Å². The molecule has 0 bridgehead atoms. The number of primary sulfonamides is 1. The molecular weight excluding hydrogens is 452 g/mol. The van der Waals surface area contributed by atoms with Gasteiger partial charge >= 0.3 is 6.09 Å². The van der Waals surface area contributed by atoms with Crippen molar-refractivity contribution in [2.75, 3.05) is 13.2 Å². The van der Waals surface area contributed by atoms with E-state index >= 15 is 0 Å². The number of nitrogens with one attached hydrogen (secondary N) is 1. The Bertz CT molecular complexity index is 1190. The fourth-order valence-electron chi connectivity index (χ4n) is 3.78. The summed E-state index contributed by atoms with van der Waals surface area (Å²) < 4.78 is 28.0. The highest BCUT2D eigenvalue weighted by atomic mass is 32.2. The summed E-state index contributed by atoms with van der Waals surface area (Å²) in [6.07, 6.45) is -3.47. The highest BCUT2D eigenvalue weighted by molar-refractivity contribution is 7.91. The van der Waals surface area contributed by atoms with Crippen molar-refractivity contribution in [3.63, 3.8) is 0 Å². The van der Waals surface area contributed by atoms with E-state index < -0.39 is 28.3 Å². The SMILES string of the molecule is NS(=O)(=O)c1ccc(C(O)C(O)CNC(=O)OCC2c3ccccc3-c3ccccc32)s1. The Morgan fingerprint density at radius 3 is 2.19 bits per heavy atom. The zero-order chi connectivity index (χ0) is 22.9. The van der Waals surface area contributed by atoms with Crippen LogP contribution in [0.4, 0.5) is 4.79 Å². The molecule has 0 fully saturated rings. The molecular formula is C22H22N2O6S2. The van der Waals surface area contributed by atoms with Gasteiger partial charge in [0.15, 0.2) is 0 Å². The normalized spacial score (nSPS) is 15.0. The van der Waals surface area contributed by atoms with E-state index in [1.54, 1.807) is 0 Å². The van der Waals surface area contributed by atoms with Crippen LogP contribution >= 0.6 is 11.3 Å². The van der Waals surface area contributed by atoms with Gasteiger partial charge in [-0.15, -0.1) is 11.3 Å². The molecule has 32 heavy (non-hydrogen) atoms. The van der Waals surface area contributed by atoms with Gasteiger partial charge in [0.05, 0.1) is 0 Å². The number of carbonyl (C=O) groups excluding carboxylic acids is 1. The highest BCUT2D eigenvalue weighted by Crippen LogP contribution is 2.44. The molecule has 4 rings (SSSR count). The van der Waals surface area contributed by atoms with Gasteiger partial charge in [0.25, 0.3) is 0 Å². The highest BCUT2D eigenvalue weighted by Gasteiger charge is 2.29. The summed E-state index contributed by atoms with van der Waals surface area (Å²) in [5.74, 6) is -0.0913. The molecule has 8 nitrogen and oxygen atoms in total. The molecule has 0 saturated carbocycles. The molecule has 0 saturated heterocycles. The Morgan fingerprint density at radius 2 is 1.62 bits per heavy atom. The fourth-order valence-corrected chi connectivity index (χ4v) is 5.58. The van der Waals surface area contributed by atoms with Gasteiger partial charge in [-0.05, 0) is 34.4 Å². The Hall–Kier alpha value is -2.76. The van der Waals surface area contributed by atoms with Crippen LogP contribution in [-0.2, 0) is 14.8 Å². The topological polar surface area (TPSA) is 139 Å². The number of hydrogen-bond donors (Lipinski definition) is 4. The van der Waals surface area contributed by atoms with E-state index in [2.05, 4.69) is 5.32 Å². The van der Waals surface area contributed by atoms with E-state index in [1.165, 1.54) is 12.1 Å². The lowest BCUT2D eigenvalue weighted by molar-refractivity contribution is 0.0206. The third kappa shape index (κ3) is 4.54. The van der Waals surface area contributed by atoms with Crippen LogP contribution in [0.15, 0.2) is 64.9 Å². The molecule has 2 aromatic carbocycles. The van der Waals surface area contributed by atoms with Crippen molar-refractivity contribution in [3.05, 3.63) is 76.7 Å². The molecule has 0 spiro atoms. The predicted octanol–water partition coefficient (Wildman–Crippen LogP) is 2.33. The molecule has 1 amide bonds. The first-order valence-corrected chi connectivity index (χ1v) is 12.2. The average molecular weight is 475 g/mol. The molecule has 2 atom stereocenters. The van der Waals surface area contributed by atoms with E-state index in [0.717, 1.165) is 33.6 Å². The maximum Gasteiger partial charge on any atom is 0.407 e. The van der Waals surface area contributed by atoms with Crippen LogP contribution in [0.1, 0.15) is 28.0 Å². The van der Waals surface area contributed by atoms with Gasteiger partial charge in [-0.3, -0.25) is 0 Å². The monoisotopic (exact) mass is 474 g/mol. The summed E-state index contributed by atoms with van der Waals surface area (Å²) in [7, 11) is -3.89. The lowest BCUT2D eigenvalue weighted by atomic mass is 9.98. The van der Waals surface area contributed by atoms with Crippen molar-refractivity contribution in [3.8, 4) is 11.1 Å². The Balaban J connectivity index is 1.33. The molecule has 3 aromatic rings. The van der Waals surface area contributed by atoms with Gasteiger partial charge in [0.2, 0.25) is 10.0 Å². The van der Waals surface area contributed by atoms with Gasteiger partial charge in [0.1, 0.15) is 23.0 Å². The second kappa shape index (κ2) is 9.00. The molecule has 1 aromatic heterocycles. The largest absolute Gasteiger partial charge is 0.449 e. The standard InChI is InChI=1S/C22H22N2O6S2/c23-32(28,29)20-10-9-19(31-20)21(26)18(25)11-24-22(27)30-12-17-15-7-3-1-5-13(15)14-6-2-4-8-16(14)17/h1-10,17-18,21,25-26H,11-12H2,(H,24,27)(H2,23,28,29). The molecule has 10 heteroatoms. The number of nitrogens with two attached hydrogens (primary N) is 1. The number of rotatable bonds is 7. The number of thiophene rings is 1. The fraction of sp³-hybridized carbons (Fsp3) is 0.227. The molecule has 1 aliphatic rings. The first-order valence-electron chi connectivity index (χ1n) is 9.83. The second-order valence-electron chi connectivity index (χ2n) is 7.42. The number of hydrogen-bond acceptors (Lipinski definition) is 7. The first-order chi connectivity index (χ1) is 15.3. The first kappa shape index (κ1) is 22.4. The number of alkyl carbamates (subject to hydrolysis) is 1. The maximum absolute atomic E-state index is 12.2. The number of benzene rings is 2. The van der Waals surface area contributed by atoms with Crippen LogP contribution < -0.4 is 10.5 Å². The van der Waals surface area contributed by atoms with E-state index in [-0.39, 0.29) is 28.2 Å². The zero-order valence-corrected chi connectivity index (χ0v) is 18.5. The second-order valence-corrected chi connectivity index (χ2v) is 10.3. The summed E-state index contributed by atoms with van der Waals surface area (Å²) in [5.41, 5.74) is 4.40. The number of aliphatic hydroxyl groups excluding tert-OH is 2. The number of amides is 1. The average Bonchev–Trinajstić information content (AvgIpc) is 3.39. The van der Waals surface area contributed by atoms with Crippen molar-refractivity contribution < 1.29 is 28.2 Å². The minimum absolute atomic E-state index is 0.0913. The van der Waals surface area contributed by atoms with Crippen LogP contribution in [0.2, 0.25) is 0 Å². The van der Waals surface area contributed by atoms with E-state index in [9.17, 15) is 23.4 Å². The van der Waals surface area contributed by atoms with Crippen molar-refractivity contribution >= 4 is 27.5 Å². The van der Waals surface area contributed by atoms with Gasteiger partial charge in [0, 0.05) is 17.3 Å². The van der Waals surface area contributed by atoms with Crippen LogP contribution in [0.5, 0.6) is 0 Å². The summed E-state index contributed by atoms with van der Waals surface area (Å²) >= 11 is 0.758. The van der Waals surface area contributed by atoms with Crippen molar-refractivity contribution in [2.45, 2.75) is 22.3 Å². The maximum atomic E-state index is 12.2. The van der Waals surface area contributed by atoms with Crippen LogP contribution in [-0.4, -0.2) is 44.0 Å². The summed E-state index contributed by atoms with van der Waals surface area (Å²) in [4.78, 5) is 12.4. The van der Waals surface area contributed by atoms with Gasteiger partial charge in [-0.1, -0.05) is 48.5 Å². The smallest absolute Gasteiger partial charge is 0.407 e. The van der Waals surface area contributed by atoms with Gasteiger partial charge < -0.3 is 20.3 Å². The van der Waals surface area contributed by atoms with Gasteiger partial charge in [-0.2, -0.15) is 0 Å². The quantitative estimate of drug-likeness (QED) is 0.415. The van der Waals surface area contributed by atoms with Crippen molar-refractivity contribution in [2.24, 2.45) is 5.14 Å². The third-order valence-electron chi connectivity index (χ3n) is 5.34. The number of carbonyl (C=O) groups is 1.